The molecule has 1 aromatic heterocycles. The normalized spacial score (nSPS) is 11.3. The Hall–Kier alpha value is -2.19. The van der Waals surface area contributed by atoms with Crippen LogP contribution in [-0.4, -0.2) is 20.3 Å². The molecule has 1 N–H and O–H groups in total. The summed E-state index contributed by atoms with van der Waals surface area (Å²) in [6, 6.07) is 9.93. The van der Waals surface area contributed by atoms with Crippen molar-refractivity contribution in [3.8, 4) is 11.8 Å². The summed E-state index contributed by atoms with van der Waals surface area (Å²) < 4.78 is 1.60. The van der Waals surface area contributed by atoms with Crippen LogP contribution in [0.15, 0.2) is 30.6 Å². The third kappa shape index (κ3) is 3.63. The highest BCUT2D eigenvalue weighted by Gasteiger charge is 2.08. The Morgan fingerprint density at radius 3 is 2.47 bits per heavy atom. The summed E-state index contributed by atoms with van der Waals surface area (Å²) in [5.41, 5.74) is 2.21. The molecule has 19 heavy (non-hydrogen) atoms. The van der Waals surface area contributed by atoms with Crippen LogP contribution >= 0.6 is 0 Å². The Balaban J connectivity index is 2.08. The van der Waals surface area contributed by atoms with Crippen molar-refractivity contribution in [1.29, 1.82) is 5.26 Å². The van der Waals surface area contributed by atoms with Gasteiger partial charge in [0.25, 0.3) is 5.82 Å². The van der Waals surface area contributed by atoms with E-state index >= 15 is 0 Å². The average molecular weight is 255 g/mol. The molecule has 0 fully saturated rings. The van der Waals surface area contributed by atoms with Gasteiger partial charge in [-0.2, -0.15) is 5.26 Å². The summed E-state index contributed by atoms with van der Waals surface area (Å²) in [7, 11) is 0. The second kappa shape index (κ2) is 5.21. The van der Waals surface area contributed by atoms with Gasteiger partial charge >= 0.3 is 0 Å². The molecule has 0 radical (unpaired) electrons. The van der Waals surface area contributed by atoms with Crippen LogP contribution in [0.1, 0.15) is 32.2 Å². The molecule has 1 heterocycles. The van der Waals surface area contributed by atoms with Crippen molar-refractivity contribution >= 4 is 0 Å². The van der Waals surface area contributed by atoms with Gasteiger partial charge in [0.2, 0.25) is 0 Å². The smallest absolute Gasteiger partial charge is 0.252 e. The molecular weight excluding hydrogens is 238 g/mol. The van der Waals surface area contributed by atoms with E-state index in [9.17, 15) is 0 Å². The van der Waals surface area contributed by atoms with Gasteiger partial charge in [-0.15, -0.1) is 5.10 Å². The molecule has 0 amide bonds. The molecular formula is C14H17N5. The highest BCUT2D eigenvalue weighted by Crippen LogP contribution is 2.10. The molecule has 0 bridgehead atoms. The van der Waals surface area contributed by atoms with Crippen molar-refractivity contribution in [2.24, 2.45) is 0 Å². The van der Waals surface area contributed by atoms with E-state index in [1.54, 1.807) is 11.0 Å². The number of nitrogens with zero attached hydrogens (tertiary/aromatic N) is 4. The first-order valence-corrected chi connectivity index (χ1v) is 6.14. The standard InChI is InChI=1S/C14H17N5/c1-14(2,3)17-9-11-4-6-12(7-5-11)19-10-16-13(8-15)18-19/h4-7,10,17H,9H2,1-3H3. The largest absolute Gasteiger partial charge is 0.308 e. The number of rotatable bonds is 3. The van der Waals surface area contributed by atoms with Crippen molar-refractivity contribution in [2.45, 2.75) is 32.9 Å². The fourth-order valence-electron chi connectivity index (χ4n) is 1.57. The first kappa shape index (κ1) is 13.2. The van der Waals surface area contributed by atoms with Gasteiger partial charge in [-0.3, -0.25) is 0 Å². The Labute approximate surface area is 112 Å². The number of hydrogen-bond donors (Lipinski definition) is 1. The third-order valence-corrected chi connectivity index (χ3v) is 2.62. The first-order chi connectivity index (χ1) is 8.98. The topological polar surface area (TPSA) is 66.5 Å². The lowest BCUT2D eigenvalue weighted by Gasteiger charge is -2.20. The maximum absolute atomic E-state index is 8.69. The Morgan fingerprint density at radius 1 is 1.26 bits per heavy atom. The van der Waals surface area contributed by atoms with E-state index in [-0.39, 0.29) is 11.4 Å². The van der Waals surface area contributed by atoms with Crippen LogP contribution < -0.4 is 5.32 Å². The zero-order valence-corrected chi connectivity index (χ0v) is 11.4. The molecule has 0 atom stereocenters. The molecule has 98 valence electrons. The summed E-state index contributed by atoms with van der Waals surface area (Å²) in [6.45, 7) is 7.24. The summed E-state index contributed by atoms with van der Waals surface area (Å²) in [6.07, 6.45) is 1.54. The summed E-state index contributed by atoms with van der Waals surface area (Å²) >= 11 is 0. The van der Waals surface area contributed by atoms with E-state index < -0.39 is 0 Å². The monoisotopic (exact) mass is 255 g/mol. The van der Waals surface area contributed by atoms with E-state index in [1.165, 1.54) is 5.56 Å². The van der Waals surface area contributed by atoms with Gasteiger partial charge in [0.1, 0.15) is 12.4 Å². The number of hydrogen-bond acceptors (Lipinski definition) is 4. The highest BCUT2D eigenvalue weighted by molar-refractivity contribution is 5.33. The molecule has 0 aliphatic heterocycles. The Bertz CT molecular complexity index is 584. The molecule has 0 aliphatic carbocycles. The number of aromatic nitrogens is 3. The molecule has 0 spiro atoms. The lowest BCUT2D eigenvalue weighted by atomic mass is 10.1. The lowest BCUT2D eigenvalue weighted by molar-refractivity contribution is 0.424. The number of nitriles is 1. The first-order valence-electron chi connectivity index (χ1n) is 6.14. The minimum Gasteiger partial charge on any atom is -0.308 e. The molecule has 1 aromatic carbocycles. The van der Waals surface area contributed by atoms with Crippen LogP contribution in [0.5, 0.6) is 0 Å². The van der Waals surface area contributed by atoms with E-state index in [1.807, 2.05) is 30.3 Å². The average Bonchev–Trinajstić information content (AvgIpc) is 2.85. The Kier molecular flexibility index (Phi) is 3.63. The van der Waals surface area contributed by atoms with E-state index in [2.05, 4.69) is 36.2 Å². The van der Waals surface area contributed by atoms with Crippen molar-refractivity contribution in [3.63, 3.8) is 0 Å². The maximum atomic E-state index is 8.69. The van der Waals surface area contributed by atoms with E-state index in [4.69, 9.17) is 5.26 Å². The predicted molar refractivity (Wildman–Crippen MR) is 72.7 cm³/mol. The molecule has 5 nitrogen and oxygen atoms in total. The van der Waals surface area contributed by atoms with Gasteiger partial charge in [-0.25, -0.2) is 9.67 Å². The van der Waals surface area contributed by atoms with Crippen molar-refractivity contribution < 1.29 is 0 Å². The zero-order valence-electron chi connectivity index (χ0n) is 11.4. The molecule has 0 saturated heterocycles. The van der Waals surface area contributed by atoms with Gasteiger partial charge in [0, 0.05) is 12.1 Å². The minimum absolute atomic E-state index is 0.103. The SMILES string of the molecule is CC(C)(C)NCc1ccc(-n2cnc(C#N)n2)cc1. The van der Waals surface area contributed by atoms with Crippen LogP contribution in [0.3, 0.4) is 0 Å². The zero-order chi connectivity index (χ0) is 13.9. The van der Waals surface area contributed by atoms with Crippen LogP contribution in [-0.2, 0) is 6.54 Å². The van der Waals surface area contributed by atoms with E-state index in [0.29, 0.717) is 0 Å². The van der Waals surface area contributed by atoms with E-state index in [0.717, 1.165) is 12.2 Å². The summed E-state index contributed by atoms with van der Waals surface area (Å²) in [5, 5.41) is 16.2. The quantitative estimate of drug-likeness (QED) is 0.911. The summed E-state index contributed by atoms with van der Waals surface area (Å²) in [4.78, 5) is 3.88. The van der Waals surface area contributed by atoms with Gasteiger partial charge in [-0.1, -0.05) is 12.1 Å². The highest BCUT2D eigenvalue weighted by atomic mass is 15.3. The molecule has 2 aromatic rings. The van der Waals surface area contributed by atoms with Gasteiger partial charge in [0.15, 0.2) is 0 Å². The minimum atomic E-state index is 0.103. The molecule has 0 saturated carbocycles. The number of benzene rings is 1. The molecule has 0 aliphatic rings. The van der Waals surface area contributed by atoms with Crippen LogP contribution in [0.4, 0.5) is 0 Å². The molecule has 0 unspecified atom stereocenters. The Morgan fingerprint density at radius 2 is 1.95 bits per heavy atom. The summed E-state index contributed by atoms with van der Waals surface area (Å²) in [5.74, 6) is 0.179. The second-order valence-corrected chi connectivity index (χ2v) is 5.39. The van der Waals surface area contributed by atoms with Crippen molar-refractivity contribution in [1.82, 2.24) is 20.1 Å². The van der Waals surface area contributed by atoms with Crippen LogP contribution in [0, 0.1) is 11.3 Å². The molecule has 2 rings (SSSR count). The van der Waals surface area contributed by atoms with Gasteiger partial charge in [-0.05, 0) is 38.5 Å². The van der Waals surface area contributed by atoms with Gasteiger partial charge < -0.3 is 5.32 Å². The second-order valence-electron chi connectivity index (χ2n) is 5.39. The maximum Gasteiger partial charge on any atom is 0.252 e. The molecule has 5 heteroatoms. The van der Waals surface area contributed by atoms with Crippen LogP contribution in [0.2, 0.25) is 0 Å². The lowest BCUT2D eigenvalue weighted by Crippen LogP contribution is -2.35. The number of nitrogens with one attached hydrogen (secondary N) is 1. The third-order valence-electron chi connectivity index (χ3n) is 2.62. The predicted octanol–water partition coefficient (Wildman–Crippen LogP) is 2.03. The fourth-order valence-corrected chi connectivity index (χ4v) is 1.57. The van der Waals surface area contributed by atoms with Crippen LogP contribution in [0.25, 0.3) is 5.69 Å². The fraction of sp³-hybridized carbons (Fsp3) is 0.357. The van der Waals surface area contributed by atoms with Gasteiger partial charge in [0.05, 0.1) is 5.69 Å². The van der Waals surface area contributed by atoms with Crippen molar-refractivity contribution in [3.05, 3.63) is 42.0 Å². The van der Waals surface area contributed by atoms with Crippen molar-refractivity contribution in [2.75, 3.05) is 0 Å².